The van der Waals surface area contributed by atoms with Crippen molar-refractivity contribution >= 4 is 5.78 Å². The van der Waals surface area contributed by atoms with E-state index in [-0.39, 0.29) is 11.7 Å². The molecule has 1 aliphatic carbocycles. The lowest BCUT2D eigenvalue weighted by molar-refractivity contribution is -0.115. The molecule has 1 atom stereocenters. The standard InChI is InChI=1S/C11H13NO2/c1-7-2-3-11(14-7)8-4-9(12)6-10(13)5-8/h2-3,6,8H,4-5,12H2,1H3. The van der Waals surface area contributed by atoms with Crippen LogP contribution in [0.4, 0.5) is 0 Å². The quantitative estimate of drug-likeness (QED) is 0.737. The van der Waals surface area contributed by atoms with Crippen LogP contribution in [-0.2, 0) is 4.79 Å². The zero-order valence-electron chi connectivity index (χ0n) is 8.12. The van der Waals surface area contributed by atoms with Crippen LogP contribution in [0, 0.1) is 6.92 Å². The fourth-order valence-corrected chi connectivity index (χ4v) is 1.80. The molecule has 0 spiro atoms. The van der Waals surface area contributed by atoms with Crippen molar-refractivity contribution in [3.63, 3.8) is 0 Å². The minimum Gasteiger partial charge on any atom is -0.466 e. The topological polar surface area (TPSA) is 56.2 Å². The number of nitrogens with two attached hydrogens (primary N) is 1. The van der Waals surface area contributed by atoms with Crippen LogP contribution in [0.1, 0.15) is 30.3 Å². The van der Waals surface area contributed by atoms with Gasteiger partial charge < -0.3 is 10.2 Å². The molecule has 0 bridgehead atoms. The summed E-state index contributed by atoms with van der Waals surface area (Å²) >= 11 is 0. The zero-order valence-corrected chi connectivity index (χ0v) is 8.12. The first kappa shape index (κ1) is 9.06. The summed E-state index contributed by atoms with van der Waals surface area (Å²) < 4.78 is 5.48. The number of carbonyl (C=O) groups excluding carboxylic acids is 1. The molecule has 1 heterocycles. The van der Waals surface area contributed by atoms with Gasteiger partial charge in [0.15, 0.2) is 5.78 Å². The normalized spacial score (nSPS) is 22.2. The molecule has 2 rings (SSSR count). The Labute approximate surface area is 82.6 Å². The third-order valence-corrected chi connectivity index (χ3v) is 2.44. The summed E-state index contributed by atoms with van der Waals surface area (Å²) in [4.78, 5) is 11.3. The molecule has 3 heteroatoms. The monoisotopic (exact) mass is 191 g/mol. The van der Waals surface area contributed by atoms with Crippen molar-refractivity contribution in [1.29, 1.82) is 0 Å². The molecule has 3 nitrogen and oxygen atoms in total. The van der Waals surface area contributed by atoms with Crippen LogP contribution in [-0.4, -0.2) is 5.78 Å². The fourth-order valence-electron chi connectivity index (χ4n) is 1.80. The van der Waals surface area contributed by atoms with E-state index in [0.717, 1.165) is 17.9 Å². The first-order valence-corrected chi connectivity index (χ1v) is 4.70. The molecule has 74 valence electrons. The van der Waals surface area contributed by atoms with E-state index in [1.54, 1.807) is 0 Å². The lowest BCUT2D eigenvalue weighted by Crippen LogP contribution is -2.16. The molecule has 0 amide bonds. The van der Waals surface area contributed by atoms with Crippen LogP contribution in [0.15, 0.2) is 28.3 Å². The Bertz CT molecular complexity index is 390. The second-order valence-corrected chi connectivity index (χ2v) is 3.74. The van der Waals surface area contributed by atoms with Crippen molar-refractivity contribution in [1.82, 2.24) is 0 Å². The van der Waals surface area contributed by atoms with Gasteiger partial charge in [0, 0.05) is 18.0 Å². The Morgan fingerprint density at radius 1 is 1.43 bits per heavy atom. The summed E-state index contributed by atoms with van der Waals surface area (Å²) in [5.74, 6) is 1.96. The van der Waals surface area contributed by atoms with Crippen LogP contribution in [0.3, 0.4) is 0 Å². The van der Waals surface area contributed by atoms with E-state index in [1.807, 2.05) is 19.1 Å². The molecule has 14 heavy (non-hydrogen) atoms. The molecular formula is C11H13NO2. The van der Waals surface area contributed by atoms with E-state index in [0.29, 0.717) is 12.1 Å². The minimum absolute atomic E-state index is 0.0906. The van der Waals surface area contributed by atoms with E-state index >= 15 is 0 Å². The van der Waals surface area contributed by atoms with Gasteiger partial charge in [0.25, 0.3) is 0 Å². The molecule has 2 N–H and O–H groups in total. The Kier molecular flexibility index (Phi) is 2.15. The summed E-state index contributed by atoms with van der Waals surface area (Å²) in [5.41, 5.74) is 6.31. The average Bonchev–Trinajstić information content (AvgIpc) is 2.50. The molecule has 0 saturated carbocycles. The van der Waals surface area contributed by atoms with E-state index in [1.165, 1.54) is 6.08 Å². The number of allylic oxidation sites excluding steroid dienone is 2. The molecular weight excluding hydrogens is 178 g/mol. The van der Waals surface area contributed by atoms with Crippen molar-refractivity contribution in [2.24, 2.45) is 5.73 Å². The van der Waals surface area contributed by atoms with Gasteiger partial charge in [-0.1, -0.05) is 0 Å². The second-order valence-electron chi connectivity index (χ2n) is 3.74. The van der Waals surface area contributed by atoms with Crippen LogP contribution in [0.25, 0.3) is 0 Å². The van der Waals surface area contributed by atoms with Crippen LogP contribution < -0.4 is 5.73 Å². The van der Waals surface area contributed by atoms with Gasteiger partial charge in [-0.25, -0.2) is 0 Å². The van der Waals surface area contributed by atoms with Gasteiger partial charge in [-0.05, 0) is 31.6 Å². The molecule has 0 radical (unpaired) electrons. The van der Waals surface area contributed by atoms with Gasteiger partial charge in [0.1, 0.15) is 11.5 Å². The van der Waals surface area contributed by atoms with E-state index in [4.69, 9.17) is 10.2 Å². The van der Waals surface area contributed by atoms with Crippen LogP contribution >= 0.6 is 0 Å². The number of hydrogen-bond acceptors (Lipinski definition) is 3. The summed E-state index contributed by atoms with van der Waals surface area (Å²) in [6, 6.07) is 3.83. The van der Waals surface area contributed by atoms with Gasteiger partial charge in [0.05, 0.1) is 0 Å². The Morgan fingerprint density at radius 3 is 2.79 bits per heavy atom. The second kappa shape index (κ2) is 3.33. The number of hydrogen-bond donors (Lipinski definition) is 1. The van der Waals surface area contributed by atoms with Gasteiger partial charge in [0.2, 0.25) is 0 Å². The smallest absolute Gasteiger partial charge is 0.158 e. The first-order chi connectivity index (χ1) is 6.65. The molecule has 0 saturated heterocycles. The van der Waals surface area contributed by atoms with Crippen molar-refractivity contribution < 1.29 is 9.21 Å². The van der Waals surface area contributed by atoms with Gasteiger partial charge >= 0.3 is 0 Å². The summed E-state index contributed by atoms with van der Waals surface area (Å²) in [6.07, 6.45) is 2.75. The SMILES string of the molecule is Cc1ccc(C2CC(=O)C=C(N)C2)o1. The number of aryl methyl sites for hydroxylation is 1. The lowest BCUT2D eigenvalue weighted by atomic mass is 9.89. The largest absolute Gasteiger partial charge is 0.466 e. The predicted octanol–water partition coefficient (Wildman–Crippen LogP) is 1.88. The lowest BCUT2D eigenvalue weighted by Gasteiger charge is -2.17. The fraction of sp³-hybridized carbons (Fsp3) is 0.364. The molecule has 1 aromatic rings. The molecule has 1 unspecified atom stereocenters. The van der Waals surface area contributed by atoms with Crippen molar-refractivity contribution in [3.8, 4) is 0 Å². The number of carbonyl (C=O) groups is 1. The first-order valence-electron chi connectivity index (χ1n) is 4.70. The zero-order chi connectivity index (χ0) is 10.1. The number of furan rings is 1. The highest BCUT2D eigenvalue weighted by Crippen LogP contribution is 2.30. The molecule has 1 aromatic heterocycles. The Morgan fingerprint density at radius 2 is 2.21 bits per heavy atom. The maximum absolute atomic E-state index is 11.3. The van der Waals surface area contributed by atoms with E-state index < -0.39 is 0 Å². The van der Waals surface area contributed by atoms with E-state index in [2.05, 4.69) is 0 Å². The molecule has 0 aliphatic heterocycles. The summed E-state index contributed by atoms with van der Waals surface area (Å²) in [7, 11) is 0. The molecule has 1 aliphatic rings. The minimum atomic E-state index is 0.0906. The van der Waals surface area contributed by atoms with Crippen LogP contribution in [0.2, 0.25) is 0 Å². The summed E-state index contributed by atoms with van der Waals surface area (Å²) in [6.45, 7) is 1.90. The maximum Gasteiger partial charge on any atom is 0.158 e. The third-order valence-electron chi connectivity index (χ3n) is 2.44. The average molecular weight is 191 g/mol. The maximum atomic E-state index is 11.3. The van der Waals surface area contributed by atoms with E-state index in [9.17, 15) is 4.79 Å². The third kappa shape index (κ3) is 1.71. The summed E-state index contributed by atoms with van der Waals surface area (Å²) in [5, 5.41) is 0. The highest BCUT2D eigenvalue weighted by atomic mass is 16.3. The molecule has 0 fully saturated rings. The van der Waals surface area contributed by atoms with Gasteiger partial charge in [-0.2, -0.15) is 0 Å². The van der Waals surface area contributed by atoms with Crippen LogP contribution in [0.5, 0.6) is 0 Å². The van der Waals surface area contributed by atoms with Crippen molar-refractivity contribution in [3.05, 3.63) is 35.4 Å². The predicted molar refractivity (Wildman–Crippen MR) is 52.7 cm³/mol. The Hall–Kier alpha value is -1.51. The van der Waals surface area contributed by atoms with Crippen molar-refractivity contribution in [2.45, 2.75) is 25.7 Å². The molecule has 0 aromatic carbocycles. The number of rotatable bonds is 1. The van der Waals surface area contributed by atoms with Gasteiger partial charge in [-0.15, -0.1) is 0 Å². The highest BCUT2D eigenvalue weighted by molar-refractivity contribution is 5.91. The Balaban J connectivity index is 2.21. The van der Waals surface area contributed by atoms with Crippen molar-refractivity contribution in [2.75, 3.05) is 0 Å². The number of ketones is 1. The van der Waals surface area contributed by atoms with Gasteiger partial charge in [-0.3, -0.25) is 4.79 Å². The highest BCUT2D eigenvalue weighted by Gasteiger charge is 2.23.